The summed E-state index contributed by atoms with van der Waals surface area (Å²) in [6, 6.07) is 6.87. The summed E-state index contributed by atoms with van der Waals surface area (Å²) in [5.74, 6) is 4.74. The summed E-state index contributed by atoms with van der Waals surface area (Å²) in [5.41, 5.74) is 2.59. The third kappa shape index (κ3) is 4.26. The van der Waals surface area contributed by atoms with Crippen LogP contribution in [-0.4, -0.2) is 36.8 Å². The highest BCUT2D eigenvalue weighted by atomic mass is 16.5. The van der Waals surface area contributed by atoms with Gasteiger partial charge in [0.15, 0.2) is 11.5 Å². The number of hydrogen-bond donors (Lipinski definition) is 1. The van der Waals surface area contributed by atoms with Crippen LogP contribution in [0.2, 0.25) is 0 Å². The number of rotatable bonds is 6. The molecule has 0 amide bonds. The van der Waals surface area contributed by atoms with Crippen molar-refractivity contribution in [2.45, 2.75) is 64.5 Å². The van der Waals surface area contributed by atoms with Gasteiger partial charge in [-0.3, -0.25) is 0 Å². The van der Waals surface area contributed by atoms with Gasteiger partial charge in [-0.15, -0.1) is 0 Å². The Kier molecular flexibility index (Phi) is 5.79. The lowest BCUT2D eigenvalue weighted by molar-refractivity contribution is 0.353. The summed E-state index contributed by atoms with van der Waals surface area (Å²) in [5, 5.41) is 3.65. The molecule has 1 saturated carbocycles. The van der Waals surface area contributed by atoms with E-state index in [0.717, 1.165) is 48.5 Å². The van der Waals surface area contributed by atoms with Crippen molar-refractivity contribution in [2.75, 3.05) is 31.0 Å². The van der Waals surface area contributed by atoms with E-state index in [4.69, 9.17) is 19.4 Å². The maximum Gasteiger partial charge on any atom is 0.161 e. The molecular formula is C23H32N4O2. The molecule has 1 aromatic carbocycles. The lowest BCUT2D eigenvalue weighted by Gasteiger charge is -2.31. The van der Waals surface area contributed by atoms with Crippen LogP contribution in [0.15, 0.2) is 18.2 Å². The summed E-state index contributed by atoms with van der Waals surface area (Å²) in [7, 11) is 3.37. The topological polar surface area (TPSA) is 59.5 Å². The number of hydrogen-bond acceptors (Lipinski definition) is 6. The monoisotopic (exact) mass is 396 g/mol. The van der Waals surface area contributed by atoms with Crippen LogP contribution in [0.3, 0.4) is 0 Å². The summed E-state index contributed by atoms with van der Waals surface area (Å²) < 4.78 is 11.0. The summed E-state index contributed by atoms with van der Waals surface area (Å²) in [6.45, 7) is 6.05. The van der Waals surface area contributed by atoms with Gasteiger partial charge in [-0.2, -0.15) is 0 Å². The Morgan fingerprint density at radius 3 is 2.34 bits per heavy atom. The van der Waals surface area contributed by atoms with Crippen molar-refractivity contribution in [1.29, 1.82) is 0 Å². The molecule has 1 fully saturated rings. The lowest BCUT2D eigenvalue weighted by Crippen LogP contribution is -2.31. The number of methoxy groups -OCH3 is 2. The number of benzene rings is 1. The largest absolute Gasteiger partial charge is 0.493 e. The quantitative estimate of drug-likeness (QED) is 0.774. The van der Waals surface area contributed by atoms with Crippen molar-refractivity contribution in [2.24, 2.45) is 0 Å². The second-order valence-electron chi connectivity index (χ2n) is 8.40. The van der Waals surface area contributed by atoms with Gasteiger partial charge in [0.25, 0.3) is 0 Å². The van der Waals surface area contributed by atoms with E-state index in [1.807, 2.05) is 0 Å². The zero-order valence-corrected chi connectivity index (χ0v) is 18.0. The van der Waals surface area contributed by atoms with Gasteiger partial charge in [-0.25, -0.2) is 9.97 Å². The molecular weight excluding hydrogens is 364 g/mol. The van der Waals surface area contributed by atoms with Gasteiger partial charge in [0, 0.05) is 31.1 Å². The van der Waals surface area contributed by atoms with Crippen molar-refractivity contribution in [3.05, 3.63) is 35.2 Å². The second kappa shape index (κ2) is 8.47. The summed E-state index contributed by atoms with van der Waals surface area (Å²) in [4.78, 5) is 12.0. The standard InChI is InChI=1S/C23H32N4O2/c1-15(2)23-25-21(24-18-7-5-6-8-18)13-22(26-23)27-10-9-16-11-19(28-3)20(29-4)12-17(16)14-27/h11-13,15,18H,5-10,14H2,1-4H3,(H,24,25,26). The molecule has 6 heteroatoms. The Balaban J connectivity index is 1.61. The van der Waals surface area contributed by atoms with Crippen LogP contribution in [0.1, 0.15) is 62.4 Å². The minimum atomic E-state index is 0.292. The van der Waals surface area contributed by atoms with E-state index in [-0.39, 0.29) is 0 Å². The highest BCUT2D eigenvalue weighted by molar-refractivity contribution is 5.55. The molecule has 2 aromatic rings. The van der Waals surface area contributed by atoms with E-state index < -0.39 is 0 Å². The maximum atomic E-state index is 5.51. The fraction of sp³-hybridized carbons (Fsp3) is 0.565. The first kappa shape index (κ1) is 19.8. The fourth-order valence-corrected chi connectivity index (χ4v) is 4.30. The smallest absolute Gasteiger partial charge is 0.161 e. The van der Waals surface area contributed by atoms with E-state index >= 15 is 0 Å². The highest BCUT2D eigenvalue weighted by Crippen LogP contribution is 2.35. The number of aromatic nitrogens is 2. The average molecular weight is 397 g/mol. The normalized spacial score (nSPS) is 16.8. The Bertz CT molecular complexity index is 862. The van der Waals surface area contributed by atoms with Gasteiger partial charge >= 0.3 is 0 Å². The zero-order chi connectivity index (χ0) is 20.4. The van der Waals surface area contributed by atoms with Crippen LogP contribution in [0, 0.1) is 0 Å². The van der Waals surface area contributed by atoms with Crippen LogP contribution in [0.4, 0.5) is 11.6 Å². The van der Waals surface area contributed by atoms with Gasteiger partial charge < -0.3 is 19.7 Å². The number of nitrogens with zero attached hydrogens (tertiary/aromatic N) is 3. The van der Waals surface area contributed by atoms with Gasteiger partial charge in [-0.05, 0) is 42.5 Å². The van der Waals surface area contributed by atoms with Crippen LogP contribution in [0.25, 0.3) is 0 Å². The van der Waals surface area contributed by atoms with E-state index in [2.05, 4.69) is 42.3 Å². The molecule has 156 valence electrons. The molecule has 1 aromatic heterocycles. The van der Waals surface area contributed by atoms with E-state index in [1.165, 1.54) is 36.8 Å². The number of fused-ring (bicyclic) bond motifs is 1. The molecule has 4 rings (SSSR count). The third-order valence-electron chi connectivity index (χ3n) is 6.00. The van der Waals surface area contributed by atoms with Crippen LogP contribution >= 0.6 is 0 Å². The number of ether oxygens (including phenoxy) is 2. The molecule has 29 heavy (non-hydrogen) atoms. The first-order valence-electron chi connectivity index (χ1n) is 10.7. The molecule has 2 heterocycles. The molecule has 1 N–H and O–H groups in total. The van der Waals surface area contributed by atoms with Crippen LogP contribution in [0.5, 0.6) is 11.5 Å². The highest BCUT2D eigenvalue weighted by Gasteiger charge is 2.23. The van der Waals surface area contributed by atoms with Crippen molar-refractivity contribution >= 4 is 11.6 Å². The van der Waals surface area contributed by atoms with Crippen molar-refractivity contribution in [1.82, 2.24) is 9.97 Å². The molecule has 2 aliphatic rings. The molecule has 6 nitrogen and oxygen atoms in total. The predicted molar refractivity (Wildman–Crippen MR) is 116 cm³/mol. The summed E-state index contributed by atoms with van der Waals surface area (Å²) >= 11 is 0. The molecule has 0 bridgehead atoms. The minimum absolute atomic E-state index is 0.292. The third-order valence-corrected chi connectivity index (χ3v) is 6.00. The molecule has 0 radical (unpaired) electrons. The van der Waals surface area contributed by atoms with E-state index in [9.17, 15) is 0 Å². The molecule has 0 unspecified atom stereocenters. The fourth-order valence-electron chi connectivity index (χ4n) is 4.30. The first-order valence-corrected chi connectivity index (χ1v) is 10.7. The average Bonchev–Trinajstić information content (AvgIpc) is 3.24. The minimum Gasteiger partial charge on any atom is -0.493 e. The molecule has 0 saturated heterocycles. The van der Waals surface area contributed by atoms with E-state index in [1.54, 1.807) is 14.2 Å². The predicted octanol–water partition coefficient (Wildman–Crippen LogP) is 4.53. The molecule has 1 aliphatic carbocycles. The van der Waals surface area contributed by atoms with Gasteiger partial charge in [0.05, 0.1) is 14.2 Å². The molecule has 0 spiro atoms. The Labute approximate surface area is 173 Å². The van der Waals surface area contributed by atoms with Crippen LogP contribution in [-0.2, 0) is 13.0 Å². The Morgan fingerprint density at radius 2 is 1.69 bits per heavy atom. The van der Waals surface area contributed by atoms with Gasteiger partial charge in [-0.1, -0.05) is 26.7 Å². The van der Waals surface area contributed by atoms with Gasteiger partial charge in [0.1, 0.15) is 17.5 Å². The van der Waals surface area contributed by atoms with Crippen LogP contribution < -0.4 is 19.7 Å². The zero-order valence-electron chi connectivity index (χ0n) is 18.0. The van der Waals surface area contributed by atoms with Crippen molar-refractivity contribution in [3.63, 3.8) is 0 Å². The SMILES string of the molecule is COc1cc2c(cc1OC)CN(c1cc(NC3CCCC3)nc(C(C)C)n1)CC2. The second-order valence-corrected chi connectivity index (χ2v) is 8.40. The Morgan fingerprint density at radius 1 is 1.00 bits per heavy atom. The van der Waals surface area contributed by atoms with E-state index in [0.29, 0.717) is 12.0 Å². The van der Waals surface area contributed by atoms with Crippen molar-refractivity contribution in [3.8, 4) is 11.5 Å². The van der Waals surface area contributed by atoms with Gasteiger partial charge in [0.2, 0.25) is 0 Å². The number of anilines is 2. The molecule has 1 aliphatic heterocycles. The lowest BCUT2D eigenvalue weighted by atomic mass is 9.98. The van der Waals surface area contributed by atoms with Crippen molar-refractivity contribution < 1.29 is 9.47 Å². The Hall–Kier alpha value is -2.50. The molecule has 0 atom stereocenters. The summed E-state index contributed by atoms with van der Waals surface area (Å²) in [6.07, 6.45) is 6.04. The number of nitrogens with one attached hydrogen (secondary N) is 1. The maximum absolute atomic E-state index is 5.51. The first-order chi connectivity index (χ1) is 14.1.